The lowest BCUT2D eigenvalue weighted by Gasteiger charge is -2.34. The highest BCUT2D eigenvalue weighted by atomic mass is 35.5. The molecule has 1 aromatic carbocycles. The molecule has 0 saturated carbocycles. The molecular formula is C18H19ClN6OS. The highest BCUT2D eigenvalue weighted by Crippen LogP contribution is 2.24. The van der Waals surface area contributed by atoms with Crippen molar-refractivity contribution in [2.45, 2.75) is 0 Å². The second-order valence-electron chi connectivity index (χ2n) is 5.91. The smallest absolute Gasteiger partial charge is 0.322 e. The van der Waals surface area contributed by atoms with E-state index >= 15 is 0 Å². The van der Waals surface area contributed by atoms with Gasteiger partial charge in [0, 0.05) is 49.5 Å². The monoisotopic (exact) mass is 402 g/mol. The summed E-state index contributed by atoms with van der Waals surface area (Å²) in [5, 5.41) is 3.77. The molecule has 1 N–H and O–H groups in total. The molecule has 140 valence electrons. The Balaban J connectivity index is 0.00000210. The topological polar surface area (TPSA) is 74.2 Å². The Labute approximate surface area is 167 Å². The zero-order valence-electron chi connectivity index (χ0n) is 14.5. The number of benzene rings is 1. The van der Waals surface area contributed by atoms with E-state index in [0.29, 0.717) is 18.8 Å². The predicted octanol–water partition coefficient (Wildman–Crippen LogP) is 3.38. The maximum absolute atomic E-state index is 12.3. The van der Waals surface area contributed by atoms with Crippen molar-refractivity contribution in [2.24, 2.45) is 0 Å². The quantitative estimate of drug-likeness (QED) is 0.727. The molecule has 0 radical (unpaired) electrons. The first-order valence-corrected chi connectivity index (χ1v) is 9.17. The number of hydrogen-bond acceptors (Lipinski definition) is 6. The summed E-state index contributed by atoms with van der Waals surface area (Å²) in [5.41, 5.74) is 1.72. The van der Waals surface area contributed by atoms with E-state index in [2.05, 4.69) is 24.6 Å². The minimum atomic E-state index is -0.0973. The molecule has 27 heavy (non-hydrogen) atoms. The van der Waals surface area contributed by atoms with Crippen LogP contribution in [-0.4, -0.2) is 51.5 Å². The Morgan fingerprint density at radius 1 is 1.04 bits per heavy atom. The van der Waals surface area contributed by atoms with Crippen LogP contribution in [0.15, 0.2) is 54.9 Å². The lowest BCUT2D eigenvalue weighted by atomic mass is 10.2. The van der Waals surface area contributed by atoms with Crippen LogP contribution in [-0.2, 0) is 0 Å². The molecule has 0 spiro atoms. The number of carbonyl (C=O) groups excluding carboxylic acids is 1. The molecule has 0 aliphatic carbocycles. The first-order valence-electron chi connectivity index (χ1n) is 8.39. The van der Waals surface area contributed by atoms with E-state index in [1.165, 1.54) is 11.5 Å². The molecule has 0 bridgehead atoms. The van der Waals surface area contributed by atoms with Gasteiger partial charge < -0.3 is 15.1 Å². The highest BCUT2D eigenvalue weighted by Gasteiger charge is 2.23. The molecule has 2 aromatic heterocycles. The summed E-state index contributed by atoms with van der Waals surface area (Å²) in [6.45, 7) is 2.77. The van der Waals surface area contributed by atoms with Crippen LogP contribution in [0.1, 0.15) is 0 Å². The highest BCUT2D eigenvalue weighted by molar-refractivity contribution is 7.09. The van der Waals surface area contributed by atoms with Crippen LogP contribution in [0.4, 0.5) is 15.6 Å². The van der Waals surface area contributed by atoms with Crippen molar-refractivity contribution in [3.8, 4) is 11.4 Å². The number of amides is 2. The number of urea groups is 1. The van der Waals surface area contributed by atoms with E-state index in [0.717, 1.165) is 29.6 Å². The van der Waals surface area contributed by atoms with E-state index in [-0.39, 0.29) is 18.4 Å². The Morgan fingerprint density at radius 2 is 1.81 bits per heavy atom. The fourth-order valence-electron chi connectivity index (χ4n) is 2.79. The number of piperazine rings is 1. The van der Waals surface area contributed by atoms with Gasteiger partial charge in [-0.05, 0) is 12.1 Å². The molecule has 7 nitrogen and oxygen atoms in total. The molecular weight excluding hydrogens is 384 g/mol. The number of halogens is 1. The minimum Gasteiger partial charge on any atom is -0.343 e. The SMILES string of the molecule is Cl.O=C(Nc1cccnc1)N1CCN(c2nc(-c3ccccc3)ns2)CC1. The molecule has 0 atom stereocenters. The summed E-state index contributed by atoms with van der Waals surface area (Å²) in [6, 6.07) is 13.5. The number of nitrogens with one attached hydrogen (secondary N) is 1. The van der Waals surface area contributed by atoms with Gasteiger partial charge in [-0.1, -0.05) is 30.3 Å². The zero-order chi connectivity index (χ0) is 17.8. The number of hydrogen-bond donors (Lipinski definition) is 1. The Bertz CT molecular complexity index is 868. The third kappa shape index (κ3) is 4.53. The van der Waals surface area contributed by atoms with Crippen molar-refractivity contribution in [2.75, 3.05) is 36.4 Å². The van der Waals surface area contributed by atoms with Gasteiger partial charge in [-0.2, -0.15) is 9.36 Å². The lowest BCUT2D eigenvalue weighted by Crippen LogP contribution is -2.50. The lowest BCUT2D eigenvalue weighted by molar-refractivity contribution is 0.208. The average molecular weight is 403 g/mol. The first kappa shape index (κ1) is 19.1. The van der Waals surface area contributed by atoms with Gasteiger partial charge in [0.15, 0.2) is 5.82 Å². The van der Waals surface area contributed by atoms with Crippen molar-refractivity contribution < 1.29 is 4.79 Å². The largest absolute Gasteiger partial charge is 0.343 e. The molecule has 1 fully saturated rings. The Kier molecular flexibility index (Phi) is 6.20. The summed E-state index contributed by atoms with van der Waals surface area (Å²) in [4.78, 5) is 25.0. The number of aromatic nitrogens is 3. The van der Waals surface area contributed by atoms with E-state index in [1.54, 1.807) is 18.5 Å². The zero-order valence-corrected chi connectivity index (χ0v) is 16.1. The van der Waals surface area contributed by atoms with Crippen molar-refractivity contribution in [1.82, 2.24) is 19.2 Å². The van der Waals surface area contributed by atoms with Crippen LogP contribution in [0, 0.1) is 0 Å². The molecule has 4 rings (SSSR count). The number of anilines is 2. The van der Waals surface area contributed by atoms with Crippen LogP contribution in [0.5, 0.6) is 0 Å². The summed E-state index contributed by atoms with van der Waals surface area (Å²) in [6.07, 6.45) is 3.32. The van der Waals surface area contributed by atoms with Crippen LogP contribution < -0.4 is 10.2 Å². The third-order valence-electron chi connectivity index (χ3n) is 4.20. The van der Waals surface area contributed by atoms with Crippen molar-refractivity contribution in [1.29, 1.82) is 0 Å². The van der Waals surface area contributed by atoms with Crippen molar-refractivity contribution in [3.63, 3.8) is 0 Å². The number of nitrogens with zero attached hydrogens (tertiary/aromatic N) is 5. The van der Waals surface area contributed by atoms with Crippen LogP contribution in [0.3, 0.4) is 0 Å². The van der Waals surface area contributed by atoms with E-state index in [9.17, 15) is 4.79 Å². The standard InChI is InChI=1S/C18H18N6OS.ClH/c25-17(20-15-7-4-8-19-13-15)23-9-11-24(12-10-23)18-21-16(22-26-18)14-5-2-1-3-6-14;/h1-8,13H,9-12H2,(H,20,25);1H. The van der Waals surface area contributed by atoms with Gasteiger partial charge in [-0.15, -0.1) is 12.4 Å². The summed E-state index contributed by atoms with van der Waals surface area (Å²) in [5.74, 6) is 0.752. The van der Waals surface area contributed by atoms with Gasteiger partial charge in [0.2, 0.25) is 5.13 Å². The maximum Gasteiger partial charge on any atom is 0.322 e. The number of rotatable bonds is 3. The molecule has 3 heterocycles. The molecule has 1 aliphatic rings. The van der Waals surface area contributed by atoms with E-state index < -0.39 is 0 Å². The van der Waals surface area contributed by atoms with Gasteiger partial charge in [0.1, 0.15) is 0 Å². The molecule has 1 saturated heterocycles. The minimum absolute atomic E-state index is 0. The van der Waals surface area contributed by atoms with Crippen molar-refractivity contribution >= 4 is 40.8 Å². The summed E-state index contributed by atoms with van der Waals surface area (Å²) < 4.78 is 4.46. The summed E-state index contributed by atoms with van der Waals surface area (Å²) >= 11 is 1.40. The fourth-order valence-corrected chi connectivity index (χ4v) is 3.53. The van der Waals surface area contributed by atoms with Crippen molar-refractivity contribution in [3.05, 3.63) is 54.9 Å². The van der Waals surface area contributed by atoms with Gasteiger partial charge in [-0.25, -0.2) is 4.79 Å². The molecule has 2 amide bonds. The van der Waals surface area contributed by atoms with Gasteiger partial charge in [0.05, 0.1) is 11.9 Å². The molecule has 9 heteroatoms. The maximum atomic E-state index is 12.3. The Morgan fingerprint density at radius 3 is 2.52 bits per heavy atom. The van der Waals surface area contributed by atoms with Crippen LogP contribution in [0.2, 0.25) is 0 Å². The number of carbonyl (C=O) groups is 1. The van der Waals surface area contributed by atoms with Gasteiger partial charge in [-0.3, -0.25) is 4.98 Å². The van der Waals surface area contributed by atoms with Gasteiger partial charge >= 0.3 is 6.03 Å². The van der Waals surface area contributed by atoms with Gasteiger partial charge in [0.25, 0.3) is 0 Å². The molecule has 3 aromatic rings. The third-order valence-corrected chi connectivity index (χ3v) is 4.97. The first-order chi connectivity index (χ1) is 12.8. The Hall–Kier alpha value is -2.71. The second kappa shape index (κ2) is 8.79. The summed E-state index contributed by atoms with van der Waals surface area (Å²) in [7, 11) is 0. The van der Waals surface area contributed by atoms with E-state index in [4.69, 9.17) is 0 Å². The average Bonchev–Trinajstić information content (AvgIpc) is 3.20. The predicted molar refractivity (Wildman–Crippen MR) is 110 cm³/mol. The number of pyridine rings is 1. The van der Waals surface area contributed by atoms with E-state index in [1.807, 2.05) is 41.3 Å². The van der Waals surface area contributed by atoms with Crippen LogP contribution >= 0.6 is 23.9 Å². The molecule has 0 unspecified atom stereocenters. The normalized spacial score (nSPS) is 13.8. The second-order valence-corrected chi connectivity index (χ2v) is 6.64. The fraction of sp³-hybridized carbons (Fsp3) is 0.222. The van der Waals surface area contributed by atoms with Crippen LogP contribution in [0.25, 0.3) is 11.4 Å². The molecule has 1 aliphatic heterocycles.